The molecule has 0 atom stereocenters. The molecule has 0 rings (SSSR count). The summed E-state index contributed by atoms with van der Waals surface area (Å²) < 4.78 is 0. The third-order valence-corrected chi connectivity index (χ3v) is 1.24. The first kappa shape index (κ1) is 8.70. The lowest BCUT2D eigenvalue weighted by Gasteiger charge is -1.89. The molecular formula is C8H15O. The van der Waals surface area contributed by atoms with E-state index in [9.17, 15) is 5.11 Å². The molecule has 0 saturated carbocycles. The standard InChI is InChI=1S/C8H15O/c1-2-3-4-5-6-7-8-9/h6-7H,2-5,8H2,1H3. The summed E-state index contributed by atoms with van der Waals surface area (Å²) >= 11 is 0. The molecule has 9 heavy (non-hydrogen) atoms. The minimum Gasteiger partial charge on any atom is -0.232 e. The lowest BCUT2D eigenvalue weighted by atomic mass is 10.2. The van der Waals surface area contributed by atoms with Gasteiger partial charge in [0.05, 0.1) is 0 Å². The van der Waals surface area contributed by atoms with E-state index in [1.165, 1.54) is 19.3 Å². The van der Waals surface area contributed by atoms with Crippen LogP contribution in [0.5, 0.6) is 0 Å². The van der Waals surface area contributed by atoms with Gasteiger partial charge in [-0.3, -0.25) is 0 Å². The van der Waals surface area contributed by atoms with Crippen LogP contribution in [0, 0.1) is 0 Å². The first-order chi connectivity index (χ1) is 4.41. The Bertz CT molecular complexity index is 67.0. The summed E-state index contributed by atoms with van der Waals surface area (Å²) in [4.78, 5) is 0. The second-order valence-electron chi connectivity index (χ2n) is 2.13. The molecule has 0 spiro atoms. The van der Waals surface area contributed by atoms with E-state index in [-0.39, 0.29) is 6.61 Å². The predicted molar refractivity (Wildman–Crippen MR) is 38.8 cm³/mol. The maximum Gasteiger partial charge on any atom is 0.100 e. The Morgan fingerprint density at radius 3 is 2.56 bits per heavy atom. The predicted octanol–water partition coefficient (Wildman–Crippen LogP) is 2.55. The number of rotatable bonds is 5. The van der Waals surface area contributed by atoms with Crippen molar-refractivity contribution in [2.75, 3.05) is 6.61 Å². The average molecular weight is 127 g/mol. The van der Waals surface area contributed by atoms with Gasteiger partial charge in [0.1, 0.15) is 6.61 Å². The Labute approximate surface area is 57.4 Å². The fraction of sp³-hybridized carbons (Fsp3) is 0.750. The molecule has 0 N–H and O–H groups in total. The molecule has 0 aromatic rings. The van der Waals surface area contributed by atoms with Crippen molar-refractivity contribution in [1.82, 2.24) is 0 Å². The minimum absolute atomic E-state index is 0.0634. The fourth-order valence-electron chi connectivity index (χ4n) is 0.698. The number of hydrogen-bond acceptors (Lipinski definition) is 0. The molecule has 0 amide bonds. The molecule has 0 saturated heterocycles. The highest BCUT2D eigenvalue weighted by Gasteiger charge is 1.79. The molecule has 0 fully saturated rings. The molecule has 0 bridgehead atoms. The average Bonchev–Trinajstić information content (AvgIpc) is 1.89. The van der Waals surface area contributed by atoms with Crippen molar-refractivity contribution in [1.29, 1.82) is 0 Å². The van der Waals surface area contributed by atoms with Gasteiger partial charge in [-0.25, -0.2) is 5.11 Å². The van der Waals surface area contributed by atoms with Crippen LogP contribution in [0.1, 0.15) is 32.6 Å². The van der Waals surface area contributed by atoms with Gasteiger partial charge >= 0.3 is 0 Å². The number of unbranched alkanes of at least 4 members (excludes halogenated alkanes) is 3. The SMILES string of the molecule is CCCCCC=CC[O]. The highest BCUT2D eigenvalue weighted by atomic mass is 16.2. The van der Waals surface area contributed by atoms with E-state index in [1.54, 1.807) is 6.08 Å². The largest absolute Gasteiger partial charge is 0.232 e. The van der Waals surface area contributed by atoms with Gasteiger partial charge in [0.25, 0.3) is 0 Å². The molecule has 1 radical (unpaired) electrons. The Kier molecular flexibility index (Phi) is 7.44. The second-order valence-corrected chi connectivity index (χ2v) is 2.13. The van der Waals surface area contributed by atoms with Crippen LogP contribution in [0.3, 0.4) is 0 Å². The Balaban J connectivity index is 2.82. The summed E-state index contributed by atoms with van der Waals surface area (Å²) in [6.07, 6.45) is 8.51. The molecule has 0 unspecified atom stereocenters. The van der Waals surface area contributed by atoms with Crippen LogP contribution in [0.25, 0.3) is 0 Å². The molecule has 0 aromatic carbocycles. The summed E-state index contributed by atoms with van der Waals surface area (Å²) in [5.41, 5.74) is 0. The van der Waals surface area contributed by atoms with Gasteiger partial charge < -0.3 is 0 Å². The molecular weight excluding hydrogens is 112 g/mol. The third kappa shape index (κ3) is 7.70. The lowest BCUT2D eigenvalue weighted by Crippen LogP contribution is -1.72. The van der Waals surface area contributed by atoms with Crippen molar-refractivity contribution in [3.63, 3.8) is 0 Å². The molecule has 53 valence electrons. The third-order valence-electron chi connectivity index (χ3n) is 1.24. The van der Waals surface area contributed by atoms with Crippen molar-refractivity contribution in [2.24, 2.45) is 0 Å². The second kappa shape index (κ2) is 7.70. The van der Waals surface area contributed by atoms with Gasteiger partial charge in [0.2, 0.25) is 0 Å². The summed E-state index contributed by atoms with van der Waals surface area (Å²) in [6.45, 7) is 2.11. The van der Waals surface area contributed by atoms with Crippen LogP contribution in [-0.2, 0) is 5.11 Å². The Hall–Kier alpha value is -0.300. The molecule has 0 heterocycles. The Morgan fingerprint density at radius 2 is 2.00 bits per heavy atom. The van der Waals surface area contributed by atoms with Gasteiger partial charge in [-0.15, -0.1) is 0 Å². The van der Waals surface area contributed by atoms with E-state index in [1.807, 2.05) is 6.08 Å². The molecule has 0 aromatic heterocycles. The molecule has 1 nitrogen and oxygen atoms in total. The zero-order valence-corrected chi connectivity index (χ0v) is 6.10. The van der Waals surface area contributed by atoms with Crippen molar-refractivity contribution in [3.8, 4) is 0 Å². The number of allylic oxidation sites excluding steroid dienone is 1. The first-order valence-electron chi connectivity index (χ1n) is 3.65. The number of hydrogen-bond donors (Lipinski definition) is 0. The van der Waals surface area contributed by atoms with Crippen molar-refractivity contribution in [3.05, 3.63) is 12.2 Å². The van der Waals surface area contributed by atoms with E-state index < -0.39 is 0 Å². The summed E-state index contributed by atoms with van der Waals surface area (Å²) in [5.74, 6) is 0. The molecule has 0 aliphatic carbocycles. The van der Waals surface area contributed by atoms with E-state index in [4.69, 9.17) is 0 Å². The smallest absolute Gasteiger partial charge is 0.100 e. The Morgan fingerprint density at radius 1 is 1.22 bits per heavy atom. The minimum atomic E-state index is -0.0634. The van der Waals surface area contributed by atoms with Crippen LogP contribution < -0.4 is 0 Å². The van der Waals surface area contributed by atoms with Crippen molar-refractivity contribution < 1.29 is 5.11 Å². The topological polar surface area (TPSA) is 19.9 Å². The maximum atomic E-state index is 9.88. The molecule has 0 aliphatic heterocycles. The van der Waals surface area contributed by atoms with Crippen LogP contribution in [0.2, 0.25) is 0 Å². The lowest BCUT2D eigenvalue weighted by molar-refractivity contribution is 0.232. The van der Waals surface area contributed by atoms with Gasteiger partial charge in [0, 0.05) is 0 Å². The van der Waals surface area contributed by atoms with Gasteiger partial charge in [-0.2, -0.15) is 0 Å². The monoisotopic (exact) mass is 127 g/mol. The molecule has 0 aliphatic rings. The zero-order chi connectivity index (χ0) is 6.95. The summed E-state index contributed by atoms with van der Waals surface area (Å²) in [7, 11) is 0. The van der Waals surface area contributed by atoms with Crippen LogP contribution in [0.4, 0.5) is 0 Å². The van der Waals surface area contributed by atoms with E-state index >= 15 is 0 Å². The highest BCUT2D eigenvalue weighted by molar-refractivity contribution is 4.79. The van der Waals surface area contributed by atoms with Crippen LogP contribution >= 0.6 is 0 Å². The van der Waals surface area contributed by atoms with E-state index in [0.717, 1.165) is 6.42 Å². The zero-order valence-electron chi connectivity index (χ0n) is 6.10. The van der Waals surface area contributed by atoms with Crippen LogP contribution in [-0.4, -0.2) is 6.61 Å². The van der Waals surface area contributed by atoms with E-state index in [2.05, 4.69) is 6.92 Å². The van der Waals surface area contributed by atoms with Crippen molar-refractivity contribution >= 4 is 0 Å². The van der Waals surface area contributed by atoms with Gasteiger partial charge in [-0.05, 0) is 12.8 Å². The fourth-order valence-corrected chi connectivity index (χ4v) is 0.698. The van der Waals surface area contributed by atoms with Crippen LogP contribution in [0.15, 0.2) is 12.2 Å². The first-order valence-corrected chi connectivity index (χ1v) is 3.65. The summed E-state index contributed by atoms with van der Waals surface area (Å²) in [6, 6.07) is 0. The van der Waals surface area contributed by atoms with Crippen molar-refractivity contribution in [2.45, 2.75) is 32.6 Å². The normalized spacial score (nSPS) is 10.9. The quantitative estimate of drug-likeness (QED) is 0.399. The maximum absolute atomic E-state index is 9.88. The van der Waals surface area contributed by atoms with Gasteiger partial charge in [0.15, 0.2) is 0 Å². The summed E-state index contributed by atoms with van der Waals surface area (Å²) in [5, 5.41) is 9.88. The molecule has 1 heteroatoms. The van der Waals surface area contributed by atoms with E-state index in [0.29, 0.717) is 0 Å². The van der Waals surface area contributed by atoms with Gasteiger partial charge in [-0.1, -0.05) is 31.9 Å². The highest BCUT2D eigenvalue weighted by Crippen LogP contribution is 1.98.